The summed E-state index contributed by atoms with van der Waals surface area (Å²) in [5, 5.41) is 166. The van der Waals surface area contributed by atoms with Crippen molar-refractivity contribution in [1.29, 1.82) is 0 Å². The highest BCUT2D eigenvalue weighted by atomic mass is 16.6. The highest BCUT2D eigenvalue weighted by Crippen LogP contribution is 2.53. The summed E-state index contributed by atoms with van der Waals surface area (Å²) in [6.07, 6.45) is -11.4. The molecule has 27 nitrogen and oxygen atoms in total. The number of hydrogen-bond acceptors (Lipinski definition) is 26. The quantitative estimate of drug-likeness (QED) is 0.0407. The number of carboxylic acids is 1. The van der Waals surface area contributed by atoms with Crippen molar-refractivity contribution in [2.75, 3.05) is 6.61 Å². The topological polar surface area (TPSA) is 472 Å². The van der Waals surface area contributed by atoms with Crippen molar-refractivity contribution in [2.45, 2.75) is 24.4 Å². The number of aliphatic hydroxyl groups excluding tert-OH is 1. The van der Waals surface area contributed by atoms with E-state index in [-0.39, 0.29) is 6.07 Å². The Morgan fingerprint density at radius 2 is 1.06 bits per heavy atom. The zero-order valence-electron chi connectivity index (χ0n) is 33.3. The lowest BCUT2D eigenvalue weighted by Crippen LogP contribution is -2.52. The number of phenolic OH excluding ortho intramolecular Hbond substituents is 14. The van der Waals surface area contributed by atoms with Crippen LogP contribution in [0.4, 0.5) is 0 Å². The molecule has 0 saturated heterocycles. The van der Waals surface area contributed by atoms with Crippen LogP contribution in [0.5, 0.6) is 92.0 Å². The predicted molar refractivity (Wildman–Crippen MR) is 212 cm³/mol. The van der Waals surface area contributed by atoms with Gasteiger partial charge < -0.3 is 105 Å². The molecular weight excluding hydrogens is 924 g/mol. The van der Waals surface area contributed by atoms with Gasteiger partial charge in [0.2, 0.25) is 28.7 Å². The van der Waals surface area contributed by atoms with Crippen LogP contribution in [0.1, 0.15) is 51.8 Å². The normalized spacial score (nSPS) is 15.5. The molecule has 0 aromatic heterocycles. The fourth-order valence-corrected chi connectivity index (χ4v) is 6.38. The molecule has 68 heavy (non-hydrogen) atoms. The van der Waals surface area contributed by atoms with Crippen molar-refractivity contribution in [3.8, 4) is 103 Å². The Bertz CT molecular complexity index is 2950. The summed E-state index contributed by atoms with van der Waals surface area (Å²) < 4.78 is 26.2. The van der Waals surface area contributed by atoms with Crippen molar-refractivity contribution < 1.29 is 134 Å². The number of rotatable bonds is 10. The third-order valence-electron chi connectivity index (χ3n) is 9.72. The first kappa shape index (κ1) is 47.6. The molecule has 0 unspecified atom stereocenters. The van der Waals surface area contributed by atoms with Gasteiger partial charge in [-0.3, -0.25) is 4.79 Å². The Morgan fingerprint density at radius 1 is 0.574 bits per heavy atom. The number of ether oxygens (including phenoxy) is 5. The first-order chi connectivity index (χ1) is 31.9. The molecule has 1 heterocycles. The number of aromatic carboxylic acids is 1. The monoisotopic (exact) mass is 954 g/mol. The number of fused-ring (bicyclic) bond motifs is 3. The molecule has 0 spiro atoms. The number of benzene rings is 5. The van der Waals surface area contributed by atoms with Gasteiger partial charge in [0.05, 0.1) is 22.3 Å². The molecule has 1 aliphatic heterocycles. The van der Waals surface area contributed by atoms with Gasteiger partial charge in [-0.2, -0.15) is 0 Å². The van der Waals surface area contributed by atoms with E-state index in [0.717, 1.165) is 0 Å². The van der Waals surface area contributed by atoms with Crippen molar-refractivity contribution in [3.63, 3.8) is 0 Å². The van der Waals surface area contributed by atoms with Crippen LogP contribution >= 0.6 is 0 Å². The van der Waals surface area contributed by atoms with Gasteiger partial charge >= 0.3 is 29.8 Å². The maximum absolute atomic E-state index is 14.2. The molecule has 4 atom stereocenters. The number of phenols is 14. The Kier molecular flexibility index (Phi) is 12.5. The zero-order chi connectivity index (χ0) is 50.4. The molecular formula is C41H30O27. The van der Waals surface area contributed by atoms with Crippen molar-refractivity contribution in [3.05, 3.63) is 70.3 Å². The molecule has 27 heteroatoms. The number of carbonyl (C=O) groups is 6. The largest absolute Gasteiger partial charge is 0.504 e. The number of aliphatic hydroxyl groups is 1. The second-order valence-electron chi connectivity index (χ2n) is 14.0. The molecule has 5 aromatic carbocycles. The summed E-state index contributed by atoms with van der Waals surface area (Å²) in [5.41, 5.74) is -7.45. The molecule has 5 aromatic rings. The molecule has 0 aliphatic carbocycles. The van der Waals surface area contributed by atoms with Crippen LogP contribution in [0.3, 0.4) is 0 Å². The Hall–Kier alpha value is -9.92. The van der Waals surface area contributed by atoms with Crippen molar-refractivity contribution in [1.82, 2.24) is 0 Å². The van der Waals surface area contributed by atoms with Gasteiger partial charge in [0.15, 0.2) is 87.8 Å². The Balaban J connectivity index is 1.52. The molecule has 356 valence electrons. The molecule has 1 aliphatic rings. The van der Waals surface area contributed by atoms with E-state index in [1.807, 2.05) is 0 Å². The van der Waals surface area contributed by atoms with Crippen molar-refractivity contribution in [2.24, 2.45) is 0 Å². The van der Waals surface area contributed by atoms with Crippen LogP contribution in [0, 0.1) is 0 Å². The highest BCUT2D eigenvalue weighted by molar-refractivity contribution is 6.08. The number of aromatic hydroxyl groups is 14. The van der Waals surface area contributed by atoms with E-state index in [0.29, 0.717) is 36.4 Å². The minimum absolute atomic E-state index is 0.283. The van der Waals surface area contributed by atoms with Crippen LogP contribution in [0.15, 0.2) is 42.5 Å². The van der Waals surface area contributed by atoms with Crippen LogP contribution in [-0.2, 0) is 23.7 Å². The van der Waals surface area contributed by atoms with Gasteiger partial charge in [-0.15, -0.1) is 0 Å². The van der Waals surface area contributed by atoms with Gasteiger partial charge in [0.25, 0.3) is 0 Å². The zero-order valence-corrected chi connectivity index (χ0v) is 33.3. The smallest absolute Gasteiger partial charge is 0.343 e. The highest BCUT2D eigenvalue weighted by Gasteiger charge is 2.45. The first-order valence-electron chi connectivity index (χ1n) is 18.4. The minimum Gasteiger partial charge on any atom is -0.504 e. The van der Waals surface area contributed by atoms with E-state index >= 15 is 0 Å². The fraction of sp³-hybridized carbons (Fsp3) is 0.122. The molecule has 0 bridgehead atoms. The first-order valence-corrected chi connectivity index (χ1v) is 18.4. The number of esters is 4. The van der Waals surface area contributed by atoms with Crippen LogP contribution in [0.2, 0.25) is 0 Å². The molecule has 0 amide bonds. The Labute approximate surface area is 374 Å². The molecule has 16 N–H and O–H groups in total. The lowest BCUT2D eigenvalue weighted by molar-refractivity contribution is -0.142. The Morgan fingerprint density at radius 3 is 1.60 bits per heavy atom. The SMILES string of the molecule is O=C[C@H](OC(=O)c1cc(O)c(O)c(O)c1Oc1cc(C(=O)O)cc(O)c1O)[C@@H](OC(=O)c1cc(O)c(O)c(O)c1)[C@@H]1OC(=O)c2cc(O)c(O)c(O)c2-c2c(cc(O)c(O)c2O)C(=O)OC[C@H]1O. The second kappa shape index (κ2) is 17.9. The predicted octanol–water partition coefficient (Wildman–Crippen LogP) is 1.43. The lowest BCUT2D eigenvalue weighted by atomic mass is 9.92. The number of aldehydes is 1. The standard InChI is InChI=1S/C41H30O27/c42-8-23(66-41(63)14-7-20(48)30(54)33(57)34(14)65-22-4-10(37(58)59)1-17(45)27(22)51)36(68-38(60)11-2-15(43)26(50)16(44)3-11)35-21(49)9-64-39(61)12-5-18(46)28(52)31(55)24(12)25-13(40(62)67-35)6-19(47)29(53)32(25)56/h1-8,21,23,35-36,43-57H,9H2,(H,58,59)/t21-,23+,35-,36-/m1/s1. The molecule has 0 fully saturated rings. The van der Waals surface area contributed by atoms with Gasteiger partial charge in [-0.25, -0.2) is 24.0 Å². The molecule has 0 radical (unpaired) electrons. The number of cyclic esters (lactones) is 2. The summed E-state index contributed by atoms with van der Waals surface area (Å²) in [7, 11) is 0. The summed E-state index contributed by atoms with van der Waals surface area (Å²) in [4.78, 5) is 80.0. The molecule has 0 saturated carbocycles. The van der Waals surface area contributed by atoms with Gasteiger partial charge in [0, 0.05) is 17.2 Å². The number of carboxylic acid groups (broad SMARTS) is 1. The summed E-state index contributed by atoms with van der Waals surface area (Å²) in [6, 6.07) is 3.02. The third kappa shape index (κ3) is 8.55. The maximum Gasteiger partial charge on any atom is 0.343 e. The second-order valence-corrected chi connectivity index (χ2v) is 14.0. The van der Waals surface area contributed by atoms with E-state index in [4.69, 9.17) is 23.7 Å². The lowest BCUT2D eigenvalue weighted by Gasteiger charge is -2.32. The van der Waals surface area contributed by atoms with Gasteiger partial charge in [-0.05, 0) is 36.4 Å². The van der Waals surface area contributed by atoms with E-state index in [1.54, 1.807) is 0 Å². The summed E-state index contributed by atoms with van der Waals surface area (Å²) in [6.45, 7) is -1.45. The van der Waals surface area contributed by atoms with E-state index < -0.39 is 198 Å². The van der Waals surface area contributed by atoms with Crippen LogP contribution < -0.4 is 4.74 Å². The van der Waals surface area contributed by atoms with E-state index in [9.17, 15) is 110 Å². The van der Waals surface area contributed by atoms with Crippen molar-refractivity contribution >= 4 is 36.1 Å². The summed E-state index contributed by atoms with van der Waals surface area (Å²) in [5.74, 6) is -30.2. The average Bonchev–Trinajstić information content (AvgIpc) is 3.30. The van der Waals surface area contributed by atoms with Crippen LogP contribution in [0.25, 0.3) is 11.1 Å². The fourth-order valence-electron chi connectivity index (χ4n) is 6.38. The minimum atomic E-state index is -2.83. The van der Waals surface area contributed by atoms with Gasteiger partial charge in [-0.1, -0.05) is 0 Å². The van der Waals surface area contributed by atoms with E-state index in [2.05, 4.69) is 0 Å². The van der Waals surface area contributed by atoms with E-state index in [1.165, 1.54) is 0 Å². The molecule has 6 rings (SSSR count). The maximum atomic E-state index is 14.2. The third-order valence-corrected chi connectivity index (χ3v) is 9.72. The summed E-state index contributed by atoms with van der Waals surface area (Å²) >= 11 is 0. The van der Waals surface area contributed by atoms with Crippen LogP contribution in [-0.4, -0.2) is 149 Å². The number of carbonyl (C=O) groups excluding carboxylic acids is 5. The average molecular weight is 955 g/mol. The van der Waals surface area contributed by atoms with Gasteiger partial charge in [0.1, 0.15) is 18.3 Å². The number of hydrogen-bond donors (Lipinski definition) is 16.